The maximum Gasteiger partial charge on any atom is 0.143 e. The van der Waals surface area contributed by atoms with Crippen molar-refractivity contribution in [2.45, 2.75) is 0 Å². The van der Waals surface area contributed by atoms with E-state index in [2.05, 4.69) is 91.0 Å². The molecule has 0 N–H and O–H groups in total. The lowest BCUT2D eigenvalue weighted by Gasteiger charge is -2.12. The van der Waals surface area contributed by atoms with Gasteiger partial charge in [-0.15, -0.1) is 0 Å². The first-order chi connectivity index (χ1) is 16.8. The van der Waals surface area contributed by atoms with Gasteiger partial charge in [-0.05, 0) is 39.7 Å². The van der Waals surface area contributed by atoms with Gasteiger partial charge < -0.3 is 8.83 Å². The number of para-hydroxylation sites is 2. The van der Waals surface area contributed by atoms with Crippen molar-refractivity contribution >= 4 is 65.4 Å². The summed E-state index contributed by atoms with van der Waals surface area (Å²) in [6, 6.07) is 38.4. The predicted octanol–water partition coefficient (Wildman–Crippen LogP) is 9.46. The number of furan rings is 2. The van der Waals surface area contributed by atoms with Crippen molar-refractivity contribution in [3.63, 3.8) is 0 Å². The van der Waals surface area contributed by atoms with Gasteiger partial charge in [-0.3, -0.25) is 0 Å². The minimum Gasteiger partial charge on any atom is -0.456 e. The summed E-state index contributed by atoms with van der Waals surface area (Å²) in [5.41, 5.74) is 5.84. The van der Waals surface area contributed by atoms with Gasteiger partial charge in [0.15, 0.2) is 0 Å². The molecule has 8 rings (SSSR count). The first-order valence-electron chi connectivity index (χ1n) is 11.5. The second-order valence-electron chi connectivity index (χ2n) is 8.92. The highest BCUT2D eigenvalue weighted by Crippen LogP contribution is 2.43. The molecule has 0 fully saturated rings. The van der Waals surface area contributed by atoms with Crippen LogP contribution < -0.4 is 0 Å². The maximum absolute atomic E-state index is 6.58. The minimum atomic E-state index is 0.846. The SMILES string of the molecule is c1ccc2c(-c3cccc4c3oc3cc5oc6ccccc6c5cc34)c3ccccc3cc2c1. The van der Waals surface area contributed by atoms with Crippen LogP contribution in [0.2, 0.25) is 0 Å². The molecule has 2 heteroatoms. The van der Waals surface area contributed by atoms with Crippen molar-refractivity contribution in [3.8, 4) is 11.1 Å². The van der Waals surface area contributed by atoms with E-state index < -0.39 is 0 Å². The smallest absolute Gasteiger partial charge is 0.143 e. The van der Waals surface area contributed by atoms with E-state index >= 15 is 0 Å². The molecule has 2 heterocycles. The van der Waals surface area contributed by atoms with E-state index in [9.17, 15) is 0 Å². The average Bonchev–Trinajstić information content (AvgIpc) is 3.43. The average molecular weight is 434 g/mol. The summed E-state index contributed by atoms with van der Waals surface area (Å²) in [6.45, 7) is 0. The van der Waals surface area contributed by atoms with Crippen LogP contribution in [0.1, 0.15) is 0 Å². The van der Waals surface area contributed by atoms with Gasteiger partial charge >= 0.3 is 0 Å². The van der Waals surface area contributed by atoms with Gasteiger partial charge in [0, 0.05) is 38.7 Å². The molecule has 0 amide bonds. The Bertz CT molecular complexity index is 2020. The van der Waals surface area contributed by atoms with Crippen LogP contribution >= 0.6 is 0 Å². The monoisotopic (exact) mass is 434 g/mol. The molecule has 2 nitrogen and oxygen atoms in total. The van der Waals surface area contributed by atoms with Crippen LogP contribution in [0.25, 0.3) is 76.5 Å². The number of hydrogen-bond donors (Lipinski definition) is 0. The van der Waals surface area contributed by atoms with Gasteiger partial charge in [-0.25, -0.2) is 0 Å². The van der Waals surface area contributed by atoms with E-state index in [1.165, 1.54) is 27.1 Å². The molecule has 2 aromatic heterocycles. The summed E-state index contributed by atoms with van der Waals surface area (Å²) < 4.78 is 12.7. The van der Waals surface area contributed by atoms with Gasteiger partial charge in [0.25, 0.3) is 0 Å². The van der Waals surface area contributed by atoms with Crippen LogP contribution in [0.15, 0.2) is 118 Å². The predicted molar refractivity (Wildman–Crippen MR) is 141 cm³/mol. The molecule has 0 radical (unpaired) electrons. The van der Waals surface area contributed by atoms with Crippen LogP contribution in [0.3, 0.4) is 0 Å². The Morgan fingerprint density at radius 3 is 1.79 bits per heavy atom. The molecule has 0 aliphatic heterocycles. The first-order valence-corrected chi connectivity index (χ1v) is 11.5. The lowest BCUT2D eigenvalue weighted by molar-refractivity contribution is 0.656. The fourth-order valence-corrected chi connectivity index (χ4v) is 5.52. The number of hydrogen-bond acceptors (Lipinski definition) is 2. The Hall–Kier alpha value is -4.56. The summed E-state index contributed by atoms with van der Waals surface area (Å²) in [5.74, 6) is 0. The molecule has 158 valence electrons. The Morgan fingerprint density at radius 2 is 1.00 bits per heavy atom. The quantitative estimate of drug-likeness (QED) is 0.240. The fourth-order valence-electron chi connectivity index (χ4n) is 5.52. The molecule has 0 spiro atoms. The highest BCUT2D eigenvalue weighted by molar-refractivity contribution is 6.20. The van der Waals surface area contributed by atoms with Gasteiger partial charge in [-0.2, -0.15) is 0 Å². The zero-order chi connectivity index (χ0) is 22.2. The van der Waals surface area contributed by atoms with Crippen LogP contribution in [0.5, 0.6) is 0 Å². The van der Waals surface area contributed by atoms with E-state index in [-0.39, 0.29) is 0 Å². The van der Waals surface area contributed by atoms with E-state index in [0.29, 0.717) is 0 Å². The van der Waals surface area contributed by atoms with Crippen LogP contribution in [0, 0.1) is 0 Å². The third kappa shape index (κ3) is 2.35. The molecule has 0 atom stereocenters. The Kier molecular flexibility index (Phi) is 3.42. The van der Waals surface area contributed by atoms with E-state index in [1.54, 1.807) is 0 Å². The topological polar surface area (TPSA) is 26.3 Å². The van der Waals surface area contributed by atoms with E-state index in [4.69, 9.17) is 8.83 Å². The van der Waals surface area contributed by atoms with Crippen molar-refractivity contribution in [3.05, 3.63) is 109 Å². The van der Waals surface area contributed by atoms with Crippen LogP contribution in [-0.4, -0.2) is 0 Å². The second kappa shape index (κ2) is 6.49. The van der Waals surface area contributed by atoms with Crippen molar-refractivity contribution in [1.29, 1.82) is 0 Å². The number of rotatable bonds is 1. The number of fused-ring (bicyclic) bond motifs is 8. The van der Waals surface area contributed by atoms with E-state index in [1.807, 2.05) is 18.2 Å². The van der Waals surface area contributed by atoms with Crippen LogP contribution in [-0.2, 0) is 0 Å². The molecule has 34 heavy (non-hydrogen) atoms. The van der Waals surface area contributed by atoms with E-state index in [0.717, 1.165) is 49.4 Å². The zero-order valence-electron chi connectivity index (χ0n) is 18.2. The van der Waals surface area contributed by atoms with Crippen molar-refractivity contribution in [1.82, 2.24) is 0 Å². The summed E-state index contributed by atoms with van der Waals surface area (Å²) in [4.78, 5) is 0. The first kappa shape index (κ1) is 17.9. The normalized spacial score (nSPS) is 12.1. The van der Waals surface area contributed by atoms with Crippen molar-refractivity contribution in [2.75, 3.05) is 0 Å². The maximum atomic E-state index is 6.58. The Labute approximate surface area is 194 Å². The van der Waals surface area contributed by atoms with Gasteiger partial charge in [0.2, 0.25) is 0 Å². The summed E-state index contributed by atoms with van der Waals surface area (Å²) in [6.07, 6.45) is 0. The lowest BCUT2D eigenvalue weighted by Crippen LogP contribution is -1.86. The summed E-state index contributed by atoms with van der Waals surface area (Å²) in [5, 5.41) is 9.40. The largest absolute Gasteiger partial charge is 0.456 e. The zero-order valence-corrected chi connectivity index (χ0v) is 18.2. The van der Waals surface area contributed by atoms with Gasteiger partial charge in [0.1, 0.15) is 22.3 Å². The molecule has 0 aliphatic rings. The Morgan fingerprint density at radius 1 is 0.382 bits per heavy atom. The molecule has 0 saturated heterocycles. The standard InChI is InChI=1S/C32H18O2/c1-3-10-21-19(8-1)16-20-9-2-4-11-22(20)31(21)25-14-7-13-24-27-17-26-23-12-5-6-15-28(23)33-29(26)18-30(27)34-32(24)25/h1-18H. The van der Waals surface area contributed by atoms with Crippen molar-refractivity contribution in [2.24, 2.45) is 0 Å². The highest BCUT2D eigenvalue weighted by atomic mass is 16.3. The molecule has 0 bridgehead atoms. The molecule has 8 aromatic rings. The molecular weight excluding hydrogens is 416 g/mol. The Balaban J connectivity index is 1.52. The lowest BCUT2D eigenvalue weighted by atomic mass is 9.91. The third-order valence-electron chi connectivity index (χ3n) is 7.04. The molecule has 0 unspecified atom stereocenters. The van der Waals surface area contributed by atoms with Crippen molar-refractivity contribution < 1.29 is 8.83 Å². The number of benzene rings is 6. The highest BCUT2D eigenvalue weighted by Gasteiger charge is 2.18. The summed E-state index contributed by atoms with van der Waals surface area (Å²) in [7, 11) is 0. The van der Waals surface area contributed by atoms with Crippen LogP contribution in [0.4, 0.5) is 0 Å². The third-order valence-corrected chi connectivity index (χ3v) is 7.04. The molecular formula is C32H18O2. The molecule has 6 aromatic carbocycles. The second-order valence-corrected chi connectivity index (χ2v) is 8.92. The fraction of sp³-hybridized carbons (Fsp3) is 0. The summed E-state index contributed by atoms with van der Waals surface area (Å²) >= 11 is 0. The van der Waals surface area contributed by atoms with Gasteiger partial charge in [-0.1, -0.05) is 84.9 Å². The molecule has 0 aliphatic carbocycles. The van der Waals surface area contributed by atoms with Gasteiger partial charge in [0.05, 0.1) is 0 Å². The molecule has 0 saturated carbocycles. The minimum absolute atomic E-state index is 0.846.